The third-order valence-corrected chi connectivity index (χ3v) is 4.44. The number of benzene rings is 2. The first-order valence-electron chi connectivity index (χ1n) is 8.24. The number of H-pyrrole nitrogens is 1. The van der Waals surface area contributed by atoms with Crippen LogP contribution in [0.1, 0.15) is 0 Å². The van der Waals surface area contributed by atoms with Crippen LogP contribution in [-0.4, -0.2) is 29.0 Å². The number of hydrogen-bond acceptors (Lipinski definition) is 4. The van der Waals surface area contributed by atoms with E-state index in [-0.39, 0.29) is 0 Å². The molecule has 2 aromatic heterocycles. The van der Waals surface area contributed by atoms with Crippen LogP contribution in [0.3, 0.4) is 0 Å². The lowest BCUT2D eigenvalue weighted by Crippen LogP contribution is -2.07. The van der Waals surface area contributed by atoms with E-state index in [4.69, 9.17) is 11.6 Å². The average Bonchev–Trinajstić information content (AvgIpc) is 3.07. The summed E-state index contributed by atoms with van der Waals surface area (Å²) in [6.45, 7) is 0. The summed E-state index contributed by atoms with van der Waals surface area (Å²) in [7, 11) is 4.06. The van der Waals surface area contributed by atoms with Crippen LogP contribution in [0.25, 0.3) is 22.3 Å². The van der Waals surface area contributed by atoms with Crippen molar-refractivity contribution in [3.63, 3.8) is 0 Å². The van der Waals surface area contributed by atoms with Crippen LogP contribution < -0.4 is 10.2 Å². The summed E-state index contributed by atoms with van der Waals surface area (Å²) in [6.07, 6.45) is 1.55. The van der Waals surface area contributed by atoms with Crippen LogP contribution in [0.5, 0.6) is 0 Å². The van der Waals surface area contributed by atoms with Gasteiger partial charge in [0.05, 0.1) is 5.39 Å². The van der Waals surface area contributed by atoms with Crippen molar-refractivity contribution in [3.05, 3.63) is 65.9 Å². The molecule has 0 spiro atoms. The zero-order valence-electron chi connectivity index (χ0n) is 14.5. The predicted octanol–water partition coefficient (Wildman–Crippen LogP) is 5.09. The van der Waals surface area contributed by atoms with Gasteiger partial charge in [0.25, 0.3) is 0 Å². The zero-order valence-corrected chi connectivity index (χ0v) is 15.2. The van der Waals surface area contributed by atoms with Gasteiger partial charge in [-0.3, -0.25) is 0 Å². The maximum Gasteiger partial charge on any atom is 0.143 e. The summed E-state index contributed by atoms with van der Waals surface area (Å²) >= 11 is 6.07. The minimum absolute atomic E-state index is 0.677. The van der Waals surface area contributed by atoms with E-state index in [1.54, 1.807) is 6.33 Å². The molecule has 0 aliphatic heterocycles. The van der Waals surface area contributed by atoms with Crippen molar-refractivity contribution in [1.29, 1.82) is 0 Å². The second-order valence-corrected chi connectivity index (χ2v) is 6.68. The SMILES string of the molecule is CN(C)c1ccc(-c2cc3c(Nc4cccc(Cl)c4)ncnc3[nH]2)cc1. The average molecular weight is 364 g/mol. The lowest BCUT2D eigenvalue weighted by Gasteiger charge is -2.12. The molecule has 0 radical (unpaired) electrons. The van der Waals surface area contributed by atoms with Crippen molar-refractivity contribution in [3.8, 4) is 11.3 Å². The smallest absolute Gasteiger partial charge is 0.143 e. The molecule has 0 saturated heterocycles. The molecule has 0 aliphatic rings. The van der Waals surface area contributed by atoms with Gasteiger partial charge in [-0.2, -0.15) is 0 Å². The van der Waals surface area contributed by atoms with Crippen molar-refractivity contribution in [2.75, 3.05) is 24.3 Å². The van der Waals surface area contributed by atoms with Gasteiger partial charge in [0.1, 0.15) is 17.8 Å². The van der Waals surface area contributed by atoms with E-state index < -0.39 is 0 Å². The van der Waals surface area contributed by atoms with Crippen molar-refractivity contribution >= 4 is 39.8 Å². The number of halogens is 1. The fourth-order valence-electron chi connectivity index (χ4n) is 2.84. The molecule has 0 atom stereocenters. The number of hydrogen-bond donors (Lipinski definition) is 2. The van der Waals surface area contributed by atoms with Crippen LogP contribution in [0.15, 0.2) is 60.9 Å². The molecule has 2 aromatic carbocycles. The lowest BCUT2D eigenvalue weighted by molar-refractivity contribution is 1.13. The normalized spacial score (nSPS) is 10.9. The summed E-state index contributed by atoms with van der Waals surface area (Å²) < 4.78 is 0. The van der Waals surface area contributed by atoms with Crippen LogP contribution in [-0.2, 0) is 0 Å². The quantitative estimate of drug-likeness (QED) is 0.530. The number of nitrogens with one attached hydrogen (secondary N) is 2. The molecular formula is C20H18ClN5. The highest BCUT2D eigenvalue weighted by atomic mass is 35.5. The van der Waals surface area contributed by atoms with Gasteiger partial charge in [0.15, 0.2) is 0 Å². The maximum absolute atomic E-state index is 6.07. The van der Waals surface area contributed by atoms with Crippen LogP contribution in [0, 0.1) is 0 Å². The minimum Gasteiger partial charge on any atom is -0.378 e. The standard InChI is InChI=1S/C20H18ClN5/c1-26(2)16-8-6-13(7-9-16)18-11-17-19(22-12-23-20(17)25-18)24-15-5-3-4-14(21)10-15/h3-12H,1-2H3,(H2,22,23,24,25). The molecule has 4 aromatic rings. The van der Waals surface area contributed by atoms with Crippen LogP contribution in [0.4, 0.5) is 17.2 Å². The predicted molar refractivity (Wildman–Crippen MR) is 108 cm³/mol. The Kier molecular flexibility index (Phi) is 4.22. The molecule has 0 amide bonds. The van der Waals surface area contributed by atoms with E-state index >= 15 is 0 Å². The molecular weight excluding hydrogens is 346 g/mol. The van der Waals surface area contributed by atoms with Gasteiger partial charge in [0.2, 0.25) is 0 Å². The Hall–Kier alpha value is -3.05. The summed E-state index contributed by atoms with van der Waals surface area (Å²) in [5.41, 5.74) is 4.93. The Morgan fingerprint density at radius 3 is 2.54 bits per heavy atom. The highest BCUT2D eigenvalue weighted by molar-refractivity contribution is 6.30. The number of nitrogens with zero attached hydrogens (tertiary/aromatic N) is 3. The fraction of sp³-hybridized carbons (Fsp3) is 0.100. The minimum atomic E-state index is 0.677. The number of aromatic nitrogens is 3. The van der Waals surface area contributed by atoms with Gasteiger partial charge in [0, 0.05) is 36.2 Å². The second kappa shape index (κ2) is 6.69. The van der Waals surface area contributed by atoms with Crippen LogP contribution >= 0.6 is 11.6 Å². The zero-order chi connectivity index (χ0) is 18.1. The Bertz CT molecular complexity index is 1050. The van der Waals surface area contributed by atoms with Gasteiger partial charge in [-0.15, -0.1) is 0 Å². The van der Waals surface area contributed by atoms with E-state index in [9.17, 15) is 0 Å². The topological polar surface area (TPSA) is 56.8 Å². The van der Waals surface area contributed by atoms with Gasteiger partial charge >= 0.3 is 0 Å². The van der Waals surface area contributed by atoms with Crippen molar-refractivity contribution in [2.45, 2.75) is 0 Å². The number of fused-ring (bicyclic) bond motifs is 1. The molecule has 0 saturated carbocycles. The molecule has 0 unspecified atom stereocenters. The molecule has 0 fully saturated rings. The Labute approximate surface area is 156 Å². The van der Waals surface area contributed by atoms with Gasteiger partial charge < -0.3 is 15.2 Å². The summed E-state index contributed by atoms with van der Waals surface area (Å²) in [5, 5.41) is 4.92. The number of anilines is 3. The Morgan fingerprint density at radius 2 is 1.81 bits per heavy atom. The highest BCUT2D eigenvalue weighted by Gasteiger charge is 2.10. The molecule has 2 N–H and O–H groups in total. The largest absolute Gasteiger partial charge is 0.378 e. The molecule has 130 valence electrons. The first-order valence-corrected chi connectivity index (χ1v) is 8.62. The Morgan fingerprint density at radius 1 is 1.00 bits per heavy atom. The first kappa shape index (κ1) is 16.4. The summed E-state index contributed by atoms with van der Waals surface area (Å²) in [5.74, 6) is 0.740. The molecule has 2 heterocycles. The van der Waals surface area contributed by atoms with E-state index in [1.165, 1.54) is 0 Å². The Balaban J connectivity index is 1.71. The van der Waals surface area contributed by atoms with Gasteiger partial charge in [-0.1, -0.05) is 29.8 Å². The molecule has 5 nitrogen and oxygen atoms in total. The summed E-state index contributed by atoms with van der Waals surface area (Å²) in [4.78, 5) is 14.2. The van der Waals surface area contributed by atoms with E-state index in [0.717, 1.165) is 39.5 Å². The van der Waals surface area contributed by atoms with Crippen molar-refractivity contribution in [1.82, 2.24) is 15.0 Å². The maximum atomic E-state index is 6.07. The first-order chi connectivity index (χ1) is 12.6. The van der Waals surface area contributed by atoms with Gasteiger partial charge in [-0.05, 0) is 42.0 Å². The molecule has 0 bridgehead atoms. The van der Waals surface area contributed by atoms with Crippen molar-refractivity contribution in [2.24, 2.45) is 0 Å². The fourth-order valence-corrected chi connectivity index (χ4v) is 3.03. The van der Waals surface area contributed by atoms with E-state index in [0.29, 0.717) is 5.02 Å². The summed E-state index contributed by atoms with van der Waals surface area (Å²) in [6, 6.07) is 18.0. The molecule has 6 heteroatoms. The van der Waals surface area contributed by atoms with Crippen LogP contribution in [0.2, 0.25) is 5.02 Å². The second-order valence-electron chi connectivity index (χ2n) is 6.24. The number of rotatable bonds is 4. The third kappa shape index (κ3) is 3.21. The number of aromatic amines is 1. The molecule has 26 heavy (non-hydrogen) atoms. The third-order valence-electron chi connectivity index (χ3n) is 4.21. The highest BCUT2D eigenvalue weighted by Crippen LogP contribution is 2.29. The molecule has 0 aliphatic carbocycles. The lowest BCUT2D eigenvalue weighted by atomic mass is 10.1. The van der Waals surface area contributed by atoms with E-state index in [2.05, 4.69) is 55.5 Å². The monoisotopic (exact) mass is 363 g/mol. The van der Waals surface area contributed by atoms with E-state index in [1.807, 2.05) is 38.4 Å². The van der Waals surface area contributed by atoms with Crippen molar-refractivity contribution < 1.29 is 0 Å². The molecule has 4 rings (SSSR count). The van der Waals surface area contributed by atoms with Gasteiger partial charge in [-0.25, -0.2) is 9.97 Å².